The zero-order chi connectivity index (χ0) is 10.7. The first-order valence-electron chi connectivity index (χ1n) is 6.35. The summed E-state index contributed by atoms with van der Waals surface area (Å²) in [5, 5.41) is 1.16. The van der Waals surface area contributed by atoms with E-state index in [0.29, 0.717) is 0 Å². The van der Waals surface area contributed by atoms with Crippen LogP contribution in [0, 0.1) is 0 Å². The van der Waals surface area contributed by atoms with E-state index < -0.39 is 0 Å². The summed E-state index contributed by atoms with van der Waals surface area (Å²) in [6.45, 7) is 7.67. The molecule has 0 saturated carbocycles. The molecule has 0 aromatic rings. The summed E-state index contributed by atoms with van der Waals surface area (Å²) in [5.41, 5.74) is 0. The van der Waals surface area contributed by atoms with Gasteiger partial charge in [-0.3, -0.25) is 9.80 Å². The third kappa shape index (κ3) is 2.95. The first-order valence-corrected chi connectivity index (χ1v) is 7.47. The fourth-order valence-corrected chi connectivity index (χ4v) is 3.37. The van der Waals surface area contributed by atoms with Gasteiger partial charge in [0.2, 0.25) is 0 Å². The van der Waals surface area contributed by atoms with Gasteiger partial charge in [-0.25, -0.2) is 0 Å². The Morgan fingerprint density at radius 1 is 1.27 bits per heavy atom. The maximum Gasteiger partial charge on any atom is 0.0224 e. The molecule has 0 N–H and O–H groups in total. The topological polar surface area (TPSA) is 6.48 Å². The van der Waals surface area contributed by atoms with E-state index >= 15 is 0 Å². The van der Waals surface area contributed by atoms with Crippen molar-refractivity contribution in [2.75, 3.05) is 31.5 Å². The van der Waals surface area contributed by atoms with Crippen molar-refractivity contribution in [1.29, 1.82) is 0 Å². The normalized spacial score (nSPS) is 33.2. The summed E-state index contributed by atoms with van der Waals surface area (Å²) in [7, 11) is 0. The quantitative estimate of drug-likeness (QED) is 0.574. The van der Waals surface area contributed by atoms with Crippen LogP contribution >= 0.6 is 15.9 Å². The lowest BCUT2D eigenvalue weighted by molar-refractivity contribution is 0.0588. The lowest BCUT2D eigenvalue weighted by atomic mass is 10.1. The minimum absolute atomic E-state index is 0.773. The molecule has 0 spiro atoms. The lowest BCUT2D eigenvalue weighted by Gasteiger charge is -2.42. The number of piperazine rings is 1. The van der Waals surface area contributed by atoms with Gasteiger partial charge in [0, 0.05) is 30.5 Å². The zero-order valence-electron chi connectivity index (χ0n) is 9.79. The molecule has 2 nitrogen and oxygen atoms in total. The highest BCUT2D eigenvalue weighted by molar-refractivity contribution is 9.09. The molecule has 0 aliphatic carbocycles. The second kappa shape index (κ2) is 5.65. The molecule has 2 rings (SSSR count). The van der Waals surface area contributed by atoms with E-state index in [-0.39, 0.29) is 0 Å². The molecule has 2 aliphatic rings. The Morgan fingerprint density at radius 3 is 2.93 bits per heavy atom. The minimum Gasteiger partial charge on any atom is -0.298 e. The Labute approximate surface area is 102 Å². The van der Waals surface area contributed by atoms with E-state index in [1.165, 1.54) is 51.9 Å². The number of hydrogen-bond donors (Lipinski definition) is 0. The van der Waals surface area contributed by atoms with Crippen molar-refractivity contribution >= 4 is 15.9 Å². The van der Waals surface area contributed by atoms with Crippen LogP contribution in [0.4, 0.5) is 0 Å². The predicted octanol–water partition coefficient (Wildman–Crippen LogP) is 2.33. The lowest BCUT2D eigenvalue weighted by Crippen LogP contribution is -2.54. The highest BCUT2D eigenvalue weighted by Gasteiger charge is 2.33. The molecule has 0 amide bonds. The number of halogens is 1. The monoisotopic (exact) mass is 274 g/mol. The van der Waals surface area contributed by atoms with E-state index in [1.54, 1.807) is 0 Å². The molecule has 2 atom stereocenters. The summed E-state index contributed by atoms with van der Waals surface area (Å²) in [4.78, 5) is 5.40. The number of hydrogen-bond acceptors (Lipinski definition) is 2. The van der Waals surface area contributed by atoms with Gasteiger partial charge in [-0.05, 0) is 45.7 Å². The average Bonchev–Trinajstić information content (AvgIpc) is 2.65. The van der Waals surface area contributed by atoms with Crippen molar-refractivity contribution < 1.29 is 0 Å². The van der Waals surface area contributed by atoms with Crippen molar-refractivity contribution in [1.82, 2.24) is 9.80 Å². The molecule has 0 aromatic heterocycles. The number of rotatable bonds is 4. The van der Waals surface area contributed by atoms with Gasteiger partial charge in [0.15, 0.2) is 0 Å². The molecule has 2 fully saturated rings. The van der Waals surface area contributed by atoms with E-state index in [4.69, 9.17) is 0 Å². The second-order valence-corrected chi connectivity index (χ2v) is 5.82. The van der Waals surface area contributed by atoms with Crippen LogP contribution in [-0.4, -0.2) is 53.4 Å². The molecule has 0 bridgehead atoms. The molecule has 2 heterocycles. The highest BCUT2D eigenvalue weighted by Crippen LogP contribution is 2.24. The van der Waals surface area contributed by atoms with Gasteiger partial charge in [0.1, 0.15) is 0 Å². The second-order valence-electron chi connectivity index (χ2n) is 5.03. The van der Waals surface area contributed by atoms with E-state index in [0.717, 1.165) is 17.4 Å². The Balaban J connectivity index is 1.79. The number of fused-ring (bicyclic) bond motifs is 1. The fraction of sp³-hybridized carbons (Fsp3) is 1.00. The summed E-state index contributed by atoms with van der Waals surface area (Å²) in [6.07, 6.45) is 5.52. The minimum atomic E-state index is 0.773. The smallest absolute Gasteiger partial charge is 0.0224 e. The van der Waals surface area contributed by atoms with Crippen molar-refractivity contribution in [2.24, 2.45) is 0 Å². The number of unbranched alkanes of at least 4 members (excludes halogenated alkanes) is 1. The van der Waals surface area contributed by atoms with Crippen LogP contribution in [0.5, 0.6) is 0 Å². The number of nitrogens with zero attached hydrogens (tertiary/aromatic N) is 2. The van der Waals surface area contributed by atoms with Crippen LogP contribution in [0.25, 0.3) is 0 Å². The molecule has 2 saturated heterocycles. The average molecular weight is 275 g/mol. The van der Waals surface area contributed by atoms with Crippen molar-refractivity contribution in [3.8, 4) is 0 Å². The van der Waals surface area contributed by atoms with Gasteiger partial charge in [0.05, 0.1) is 0 Å². The molecule has 0 radical (unpaired) electrons. The standard InChI is InChI=1S/C12H23BrN2/c1-11-9-15-8-4-5-12(15)10-14(11)7-3-2-6-13/h11-12H,2-10H2,1H3. The van der Waals surface area contributed by atoms with Crippen molar-refractivity contribution in [3.63, 3.8) is 0 Å². The Kier molecular flexibility index (Phi) is 4.47. The SMILES string of the molecule is CC1CN2CCCC2CN1CCCCBr. The number of alkyl halides is 1. The van der Waals surface area contributed by atoms with Crippen LogP contribution in [0.15, 0.2) is 0 Å². The van der Waals surface area contributed by atoms with Crippen LogP contribution in [-0.2, 0) is 0 Å². The van der Waals surface area contributed by atoms with Crippen LogP contribution < -0.4 is 0 Å². The Morgan fingerprint density at radius 2 is 2.13 bits per heavy atom. The molecule has 2 aliphatic heterocycles. The Hall–Kier alpha value is 0.400. The van der Waals surface area contributed by atoms with Crippen LogP contribution in [0.3, 0.4) is 0 Å². The van der Waals surface area contributed by atoms with Crippen LogP contribution in [0.2, 0.25) is 0 Å². The van der Waals surface area contributed by atoms with E-state index in [2.05, 4.69) is 32.7 Å². The van der Waals surface area contributed by atoms with Gasteiger partial charge < -0.3 is 0 Å². The third-order valence-electron chi connectivity index (χ3n) is 3.90. The van der Waals surface area contributed by atoms with Crippen LogP contribution in [0.1, 0.15) is 32.6 Å². The maximum atomic E-state index is 3.51. The largest absolute Gasteiger partial charge is 0.298 e. The summed E-state index contributed by atoms with van der Waals surface area (Å²) >= 11 is 3.51. The Bertz CT molecular complexity index is 198. The molecular weight excluding hydrogens is 252 g/mol. The third-order valence-corrected chi connectivity index (χ3v) is 4.46. The molecule has 15 heavy (non-hydrogen) atoms. The van der Waals surface area contributed by atoms with Gasteiger partial charge in [0.25, 0.3) is 0 Å². The highest BCUT2D eigenvalue weighted by atomic mass is 79.9. The fourth-order valence-electron chi connectivity index (χ4n) is 2.97. The zero-order valence-corrected chi connectivity index (χ0v) is 11.4. The predicted molar refractivity (Wildman–Crippen MR) is 68.7 cm³/mol. The maximum absolute atomic E-state index is 3.51. The van der Waals surface area contributed by atoms with Gasteiger partial charge in [-0.2, -0.15) is 0 Å². The summed E-state index contributed by atoms with van der Waals surface area (Å²) in [6, 6.07) is 1.65. The first-order chi connectivity index (χ1) is 7.31. The molecule has 88 valence electrons. The first kappa shape index (κ1) is 11.9. The van der Waals surface area contributed by atoms with Gasteiger partial charge >= 0.3 is 0 Å². The van der Waals surface area contributed by atoms with Crippen molar-refractivity contribution in [3.05, 3.63) is 0 Å². The molecular formula is C12H23BrN2. The summed E-state index contributed by atoms with van der Waals surface area (Å²) < 4.78 is 0. The van der Waals surface area contributed by atoms with E-state index in [9.17, 15) is 0 Å². The summed E-state index contributed by atoms with van der Waals surface area (Å²) in [5.74, 6) is 0. The molecule has 2 unspecified atom stereocenters. The van der Waals surface area contributed by atoms with E-state index in [1.807, 2.05) is 0 Å². The van der Waals surface area contributed by atoms with Gasteiger partial charge in [-0.1, -0.05) is 15.9 Å². The molecule has 0 aromatic carbocycles. The van der Waals surface area contributed by atoms with Gasteiger partial charge in [-0.15, -0.1) is 0 Å². The van der Waals surface area contributed by atoms with Crippen molar-refractivity contribution in [2.45, 2.75) is 44.7 Å². The molecule has 3 heteroatoms.